The smallest absolute Gasteiger partial charge is 0.297 e. The Morgan fingerprint density at radius 1 is 1.39 bits per heavy atom. The summed E-state index contributed by atoms with van der Waals surface area (Å²) >= 11 is 0. The van der Waals surface area contributed by atoms with Gasteiger partial charge in [0.15, 0.2) is 0 Å². The average Bonchev–Trinajstić information content (AvgIpc) is 2.66. The molecule has 0 saturated heterocycles. The second-order valence-corrected chi connectivity index (χ2v) is 4.86. The summed E-state index contributed by atoms with van der Waals surface area (Å²) in [5, 5.41) is 0. The normalized spacial score (nSPS) is 11.4. The number of imidazole rings is 1. The van der Waals surface area contributed by atoms with Crippen molar-refractivity contribution in [2.24, 2.45) is 11.7 Å². The molecule has 1 heterocycles. The maximum atomic E-state index is 5.66. The van der Waals surface area contributed by atoms with Gasteiger partial charge in [0, 0.05) is 13.1 Å². The third kappa shape index (κ3) is 2.48. The summed E-state index contributed by atoms with van der Waals surface area (Å²) in [5.41, 5.74) is 8.83. The zero-order valence-corrected chi connectivity index (χ0v) is 11.3. The molecule has 0 bridgehead atoms. The van der Waals surface area contributed by atoms with Gasteiger partial charge in [-0.3, -0.25) is 4.57 Å². The monoisotopic (exact) mass is 247 g/mol. The lowest BCUT2D eigenvalue weighted by atomic mass is 10.2. The van der Waals surface area contributed by atoms with E-state index in [1.165, 1.54) is 0 Å². The molecule has 0 unspecified atom stereocenters. The molecule has 18 heavy (non-hydrogen) atoms. The maximum Gasteiger partial charge on any atom is 0.297 e. The first kappa shape index (κ1) is 12.9. The van der Waals surface area contributed by atoms with Crippen LogP contribution in [0.1, 0.15) is 26.3 Å². The predicted molar refractivity (Wildman–Crippen MR) is 73.6 cm³/mol. The highest BCUT2D eigenvalue weighted by molar-refractivity contribution is 5.77. The first-order valence-electron chi connectivity index (χ1n) is 6.47. The van der Waals surface area contributed by atoms with Gasteiger partial charge in [0.1, 0.15) is 0 Å². The molecule has 0 saturated carbocycles. The van der Waals surface area contributed by atoms with Gasteiger partial charge in [-0.05, 0) is 30.5 Å². The number of nitrogens with two attached hydrogens (primary N) is 1. The zero-order chi connectivity index (χ0) is 13.1. The Bertz CT molecular complexity index is 531. The Morgan fingerprint density at radius 2 is 2.17 bits per heavy atom. The van der Waals surface area contributed by atoms with E-state index in [0.717, 1.165) is 23.1 Å². The molecule has 0 aliphatic rings. The number of hydrogen-bond donors (Lipinski definition) is 1. The fourth-order valence-corrected chi connectivity index (χ4v) is 2.06. The Morgan fingerprint density at radius 3 is 2.78 bits per heavy atom. The number of ether oxygens (including phenoxy) is 1. The van der Waals surface area contributed by atoms with Gasteiger partial charge in [-0.15, -0.1) is 0 Å². The number of rotatable bonds is 5. The molecular formula is C14H21N3O. The SMILES string of the molecule is CCOc1nc2cc(CN)ccc2n1CC(C)C. The fourth-order valence-electron chi connectivity index (χ4n) is 2.06. The number of fused-ring (bicyclic) bond motifs is 1. The van der Waals surface area contributed by atoms with Crippen molar-refractivity contribution in [3.63, 3.8) is 0 Å². The first-order chi connectivity index (χ1) is 8.65. The molecule has 2 N–H and O–H groups in total. The minimum Gasteiger partial charge on any atom is -0.465 e. The lowest BCUT2D eigenvalue weighted by Gasteiger charge is -2.11. The number of hydrogen-bond acceptors (Lipinski definition) is 3. The summed E-state index contributed by atoms with van der Waals surface area (Å²) in [5.74, 6) is 0.552. The molecule has 4 nitrogen and oxygen atoms in total. The van der Waals surface area contributed by atoms with Crippen molar-refractivity contribution in [1.82, 2.24) is 9.55 Å². The summed E-state index contributed by atoms with van der Waals surface area (Å²) in [6.45, 7) is 8.44. The van der Waals surface area contributed by atoms with Crippen molar-refractivity contribution < 1.29 is 4.74 Å². The molecule has 2 rings (SSSR count). The highest BCUT2D eigenvalue weighted by Crippen LogP contribution is 2.23. The van der Waals surface area contributed by atoms with Crippen LogP contribution in [0.5, 0.6) is 6.01 Å². The van der Waals surface area contributed by atoms with Crippen molar-refractivity contribution in [2.75, 3.05) is 6.61 Å². The fraction of sp³-hybridized carbons (Fsp3) is 0.500. The van der Waals surface area contributed by atoms with E-state index in [4.69, 9.17) is 10.5 Å². The summed E-state index contributed by atoms with van der Waals surface area (Å²) < 4.78 is 7.76. The van der Waals surface area contributed by atoms with Crippen LogP contribution < -0.4 is 10.5 Å². The van der Waals surface area contributed by atoms with Gasteiger partial charge in [0.25, 0.3) is 6.01 Å². The number of nitrogens with zero attached hydrogens (tertiary/aromatic N) is 2. The highest BCUT2D eigenvalue weighted by atomic mass is 16.5. The molecule has 1 aromatic heterocycles. The van der Waals surface area contributed by atoms with E-state index in [1.54, 1.807) is 0 Å². The summed E-state index contributed by atoms with van der Waals surface area (Å²) in [7, 11) is 0. The zero-order valence-electron chi connectivity index (χ0n) is 11.3. The van der Waals surface area contributed by atoms with Crippen molar-refractivity contribution >= 4 is 11.0 Å². The van der Waals surface area contributed by atoms with Crippen LogP contribution in [0.2, 0.25) is 0 Å². The van der Waals surface area contributed by atoms with Gasteiger partial charge >= 0.3 is 0 Å². The Hall–Kier alpha value is -1.55. The van der Waals surface area contributed by atoms with Crippen molar-refractivity contribution in [2.45, 2.75) is 33.9 Å². The highest BCUT2D eigenvalue weighted by Gasteiger charge is 2.12. The van der Waals surface area contributed by atoms with Crippen LogP contribution in [0, 0.1) is 5.92 Å². The van der Waals surface area contributed by atoms with Gasteiger partial charge in [0.05, 0.1) is 17.6 Å². The van der Waals surface area contributed by atoms with E-state index < -0.39 is 0 Å². The molecule has 0 amide bonds. The van der Waals surface area contributed by atoms with Crippen molar-refractivity contribution in [1.29, 1.82) is 0 Å². The summed E-state index contributed by atoms with van der Waals surface area (Å²) in [6, 6.07) is 6.87. The van der Waals surface area contributed by atoms with Gasteiger partial charge in [-0.1, -0.05) is 19.9 Å². The number of benzene rings is 1. The van der Waals surface area contributed by atoms with E-state index in [2.05, 4.69) is 35.5 Å². The number of aromatic nitrogens is 2. The van der Waals surface area contributed by atoms with Crippen LogP contribution >= 0.6 is 0 Å². The van der Waals surface area contributed by atoms with E-state index in [-0.39, 0.29) is 0 Å². The van der Waals surface area contributed by atoms with E-state index in [1.807, 2.05) is 13.0 Å². The van der Waals surface area contributed by atoms with Crippen molar-refractivity contribution in [3.8, 4) is 6.01 Å². The van der Waals surface area contributed by atoms with Gasteiger partial charge in [-0.25, -0.2) is 0 Å². The van der Waals surface area contributed by atoms with Crippen LogP contribution in [-0.4, -0.2) is 16.2 Å². The second kappa shape index (κ2) is 5.40. The lowest BCUT2D eigenvalue weighted by Crippen LogP contribution is -2.08. The Kier molecular flexibility index (Phi) is 3.87. The largest absolute Gasteiger partial charge is 0.465 e. The Labute approximate surface area is 108 Å². The summed E-state index contributed by atoms with van der Waals surface area (Å²) in [4.78, 5) is 4.55. The minimum absolute atomic E-state index is 0.539. The van der Waals surface area contributed by atoms with E-state index >= 15 is 0 Å². The minimum atomic E-state index is 0.539. The molecule has 0 atom stereocenters. The van der Waals surface area contributed by atoms with Crippen molar-refractivity contribution in [3.05, 3.63) is 23.8 Å². The molecule has 98 valence electrons. The van der Waals surface area contributed by atoms with Crippen LogP contribution in [0.3, 0.4) is 0 Å². The van der Waals surface area contributed by atoms with Gasteiger partial charge in [-0.2, -0.15) is 4.98 Å². The topological polar surface area (TPSA) is 53.1 Å². The molecule has 0 aliphatic carbocycles. The van der Waals surface area contributed by atoms with E-state index in [9.17, 15) is 0 Å². The maximum absolute atomic E-state index is 5.66. The van der Waals surface area contributed by atoms with Crippen LogP contribution in [0.4, 0.5) is 0 Å². The van der Waals surface area contributed by atoms with Gasteiger partial charge < -0.3 is 10.5 Å². The standard InChI is InChI=1S/C14H21N3O/c1-4-18-14-16-12-7-11(8-15)5-6-13(12)17(14)9-10(2)3/h5-7,10H,4,8-9,15H2,1-3H3. The molecular weight excluding hydrogens is 226 g/mol. The lowest BCUT2D eigenvalue weighted by molar-refractivity contribution is 0.292. The van der Waals surface area contributed by atoms with Crippen LogP contribution in [0.25, 0.3) is 11.0 Å². The van der Waals surface area contributed by atoms with Crippen LogP contribution in [0.15, 0.2) is 18.2 Å². The molecule has 0 spiro atoms. The Balaban J connectivity index is 2.52. The summed E-state index contributed by atoms with van der Waals surface area (Å²) in [6.07, 6.45) is 0. The van der Waals surface area contributed by atoms with Crippen LogP contribution in [-0.2, 0) is 13.1 Å². The molecule has 1 aromatic carbocycles. The quantitative estimate of drug-likeness (QED) is 0.883. The predicted octanol–water partition coefficient (Wildman–Crippen LogP) is 2.55. The molecule has 0 fully saturated rings. The van der Waals surface area contributed by atoms with E-state index in [0.29, 0.717) is 25.1 Å². The molecule has 0 aliphatic heterocycles. The molecule has 0 radical (unpaired) electrons. The first-order valence-corrected chi connectivity index (χ1v) is 6.47. The van der Waals surface area contributed by atoms with Gasteiger partial charge in [0.2, 0.25) is 0 Å². The molecule has 2 aromatic rings. The second-order valence-electron chi connectivity index (χ2n) is 4.86. The molecule has 4 heteroatoms. The average molecular weight is 247 g/mol. The third-order valence-electron chi connectivity index (χ3n) is 2.83. The third-order valence-corrected chi connectivity index (χ3v) is 2.83.